The molecule has 0 saturated carbocycles. The third-order valence-corrected chi connectivity index (χ3v) is 2.78. The zero-order valence-electron chi connectivity index (χ0n) is 8.79. The van der Waals surface area contributed by atoms with Crippen LogP contribution in [-0.4, -0.2) is 18.3 Å². The van der Waals surface area contributed by atoms with Gasteiger partial charge in [0.15, 0.2) is 0 Å². The quantitative estimate of drug-likeness (QED) is 0.701. The molecule has 1 atom stereocenters. The van der Waals surface area contributed by atoms with Crippen LogP contribution in [0.5, 0.6) is 0 Å². The minimum atomic E-state index is 1.17. The minimum absolute atomic E-state index is 1.17. The van der Waals surface area contributed by atoms with Crippen LogP contribution in [0.2, 0.25) is 0 Å². The first-order valence-corrected chi connectivity index (χ1v) is 6.08. The van der Waals surface area contributed by atoms with Crippen molar-refractivity contribution in [3.63, 3.8) is 0 Å². The average molecular weight is 217 g/mol. The predicted molar refractivity (Wildman–Crippen MR) is 66.3 cm³/mol. The summed E-state index contributed by atoms with van der Waals surface area (Å²) in [5.74, 6) is 0. The molecule has 0 amide bonds. The van der Waals surface area contributed by atoms with Crippen molar-refractivity contribution < 1.29 is 0 Å². The molecule has 1 aromatic rings. The predicted octanol–water partition coefficient (Wildman–Crippen LogP) is 3.43. The highest BCUT2D eigenvalue weighted by molar-refractivity contribution is 7.13. The van der Waals surface area contributed by atoms with E-state index in [9.17, 15) is 0 Å². The smallest absolute Gasteiger partial charge is 0.00424 e. The Bertz CT molecular complexity index is 185. The second-order valence-electron chi connectivity index (χ2n) is 2.91. The molecule has 0 aromatic carbocycles. The van der Waals surface area contributed by atoms with Gasteiger partial charge in [-0.25, -0.2) is 0 Å². The fourth-order valence-electron chi connectivity index (χ4n) is 0.866. The van der Waals surface area contributed by atoms with E-state index in [1.165, 1.54) is 24.3 Å². The number of rotatable bonds is 3. The third-order valence-electron chi connectivity index (χ3n) is 1.50. The summed E-state index contributed by atoms with van der Waals surface area (Å²) < 4.78 is 2.10. The molecule has 0 fully saturated rings. The van der Waals surface area contributed by atoms with Crippen LogP contribution in [-0.2, 0) is 6.42 Å². The van der Waals surface area contributed by atoms with Gasteiger partial charge in [-0.05, 0) is 31.3 Å². The summed E-state index contributed by atoms with van der Waals surface area (Å²) in [6, 6.07) is 4.24. The van der Waals surface area contributed by atoms with Gasteiger partial charge >= 0.3 is 0 Å². The molecular weight excluding hydrogens is 197 g/mol. The van der Waals surface area contributed by atoms with Crippen molar-refractivity contribution in [1.29, 1.82) is 0 Å². The Morgan fingerprint density at radius 1 is 1.46 bits per heavy atom. The van der Waals surface area contributed by atoms with Crippen LogP contribution in [0.1, 0.15) is 25.1 Å². The van der Waals surface area contributed by atoms with Gasteiger partial charge in [-0.3, -0.25) is 4.67 Å². The zero-order chi connectivity index (χ0) is 10.1. The number of thiophene rings is 1. The Hall–Kier alpha value is 0.0900. The molecular formula is C10H20NPS. The molecule has 0 aliphatic heterocycles. The van der Waals surface area contributed by atoms with Crippen molar-refractivity contribution in [3.05, 3.63) is 22.4 Å². The number of hydrogen-bond donors (Lipinski definition) is 0. The Balaban J connectivity index is 0.000000226. The lowest BCUT2D eigenvalue weighted by Crippen LogP contribution is -2.02. The van der Waals surface area contributed by atoms with E-state index in [0.717, 1.165) is 0 Å². The van der Waals surface area contributed by atoms with E-state index in [0.29, 0.717) is 0 Å². The van der Waals surface area contributed by atoms with E-state index >= 15 is 0 Å². The standard InChI is InChI=1S/C6H8S.C4H12NP/c1-2-6-4-3-5-7-6;1-3-4-5(2)6/h3-5H,2H2,1H3;3-4,6H2,1-2H3. The van der Waals surface area contributed by atoms with Crippen LogP contribution in [0, 0.1) is 0 Å². The first kappa shape index (κ1) is 13.1. The van der Waals surface area contributed by atoms with Gasteiger partial charge in [-0.2, -0.15) is 0 Å². The summed E-state index contributed by atoms with van der Waals surface area (Å²) in [6.07, 6.45) is 2.41. The molecule has 1 nitrogen and oxygen atoms in total. The molecule has 0 bridgehead atoms. The van der Waals surface area contributed by atoms with Crippen LogP contribution in [0.3, 0.4) is 0 Å². The van der Waals surface area contributed by atoms with E-state index in [-0.39, 0.29) is 0 Å². The lowest BCUT2D eigenvalue weighted by atomic mass is 10.4. The van der Waals surface area contributed by atoms with E-state index < -0.39 is 0 Å². The van der Waals surface area contributed by atoms with Gasteiger partial charge in [0.1, 0.15) is 0 Å². The molecule has 0 saturated heterocycles. The van der Waals surface area contributed by atoms with E-state index in [2.05, 4.69) is 45.4 Å². The molecule has 0 aliphatic rings. The first-order valence-electron chi connectivity index (χ1n) is 4.68. The zero-order valence-corrected chi connectivity index (χ0v) is 10.8. The highest BCUT2D eigenvalue weighted by atomic mass is 32.1. The fraction of sp³-hybridized carbons (Fsp3) is 0.600. The summed E-state index contributed by atoms with van der Waals surface area (Å²) >= 11 is 1.82. The highest BCUT2D eigenvalue weighted by Gasteiger charge is 1.82. The molecule has 1 heterocycles. The van der Waals surface area contributed by atoms with Gasteiger partial charge in [0.05, 0.1) is 0 Å². The molecule has 0 spiro atoms. The second-order valence-corrected chi connectivity index (χ2v) is 4.83. The SMILES string of the molecule is CCCN(C)P.CCc1cccs1. The lowest BCUT2D eigenvalue weighted by Gasteiger charge is -2.03. The van der Waals surface area contributed by atoms with Gasteiger partial charge in [-0.1, -0.05) is 29.3 Å². The fourth-order valence-corrected chi connectivity index (χ4v) is 1.78. The molecule has 1 rings (SSSR count). The van der Waals surface area contributed by atoms with E-state index in [1.54, 1.807) is 0 Å². The van der Waals surface area contributed by atoms with Crippen LogP contribution in [0.25, 0.3) is 0 Å². The minimum Gasteiger partial charge on any atom is -0.290 e. The maximum Gasteiger partial charge on any atom is 0.00424 e. The van der Waals surface area contributed by atoms with Gasteiger partial charge < -0.3 is 0 Å². The molecule has 1 unspecified atom stereocenters. The number of aryl methyl sites for hydroxylation is 1. The van der Waals surface area contributed by atoms with Crippen molar-refractivity contribution >= 4 is 20.7 Å². The summed E-state index contributed by atoms with van der Waals surface area (Å²) in [5, 5.41) is 2.11. The van der Waals surface area contributed by atoms with Crippen LogP contribution in [0.15, 0.2) is 17.5 Å². The largest absolute Gasteiger partial charge is 0.290 e. The lowest BCUT2D eigenvalue weighted by molar-refractivity contribution is 0.559. The molecule has 1 aromatic heterocycles. The van der Waals surface area contributed by atoms with Crippen molar-refractivity contribution in [1.82, 2.24) is 4.67 Å². The molecule has 3 heteroatoms. The van der Waals surface area contributed by atoms with Crippen LogP contribution < -0.4 is 0 Å². The van der Waals surface area contributed by atoms with E-state index in [1.807, 2.05) is 18.4 Å². The monoisotopic (exact) mass is 217 g/mol. The summed E-state index contributed by atoms with van der Waals surface area (Å²) in [6.45, 7) is 5.51. The van der Waals surface area contributed by atoms with E-state index in [4.69, 9.17) is 0 Å². The van der Waals surface area contributed by atoms with Crippen molar-refractivity contribution in [2.24, 2.45) is 0 Å². The second kappa shape index (κ2) is 8.68. The van der Waals surface area contributed by atoms with Gasteiger partial charge in [-0.15, -0.1) is 11.3 Å². The normalized spacial score (nSPS) is 9.62. The Morgan fingerprint density at radius 2 is 2.15 bits per heavy atom. The maximum absolute atomic E-state index is 2.61. The Labute approximate surface area is 88.4 Å². The van der Waals surface area contributed by atoms with Crippen LogP contribution >= 0.6 is 20.7 Å². The Morgan fingerprint density at radius 3 is 2.31 bits per heavy atom. The summed E-state index contributed by atoms with van der Waals surface area (Å²) in [5.41, 5.74) is 0. The van der Waals surface area contributed by atoms with Crippen molar-refractivity contribution in [3.8, 4) is 0 Å². The highest BCUT2D eigenvalue weighted by Crippen LogP contribution is 2.07. The number of hydrogen-bond acceptors (Lipinski definition) is 2. The molecule has 0 N–H and O–H groups in total. The van der Waals surface area contributed by atoms with Crippen molar-refractivity contribution in [2.75, 3.05) is 13.6 Å². The van der Waals surface area contributed by atoms with Crippen LogP contribution in [0.4, 0.5) is 0 Å². The maximum atomic E-state index is 2.61. The molecule has 76 valence electrons. The molecule has 13 heavy (non-hydrogen) atoms. The summed E-state index contributed by atoms with van der Waals surface area (Å²) in [7, 11) is 4.66. The third kappa shape index (κ3) is 8.42. The van der Waals surface area contributed by atoms with Crippen molar-refractivity contribution in [2.45, 2.75) is 26.7 Å². The first-order chi connectivity index (χ1) is 6.20. The average Bonchev–Trinajstić information content (AvgIpc) is 2.56. The molecule has 0 radical (unpaired) electrons. The van der Waals surface area contributed by atoms with Gasteiger partial charge in [0.25, 0.3) is 0 Å². The molecule has 0 aliphatic carbocycles. The Kier molecular flexibility index (Phi) is 8.74. The topological polar surface area (TPSA) is 3.24 Å². The van der Waals surface area contributed by atoms with Gasteiger partial charge in [0, 0.05) is 11.4 Å². The van der Waals surface area contributed by atoms with Gasteiger partial charge in [0.2, 0.25) is 0 Å². The summed E-state index contributed by atoms with van der Waals surface area (Å²) in [4.78, 5) is 1.47. The number of nitrogens with zero attached hydrogens (tertiary/aromatic N) is 1.